The van der Waals surface area contributed by atoms with Gasteiger partial charge in [0.25, 0.3) is 0 Å². The van der Waals surface area contributed by atoms with Crippen LogP contribution < -0.4 is 4.74 Å². The van der Waals surface area contributed by atoms with Gasteiger partial charge in [-0.1, -0.05) is 12.2 Å². The monoisotopic (exact) mass is 380 g/mol. The summed E-state index contributed by atoms with van der Waals surface area (Å²) in [4.78, 5) is 13.7. The smallest absolute Gasteiger partial charge is 0.320 e. The third kappa shape index (κ3) is 5.50. The molecule has 1 heterocycles. The third-order valence-corrected chi connectivity index (χ3v) is 5.37. The van der Waals surface area contributed by atoms with Crippen LogP contribution in [0.25, 0.3) is 0 Å². The van der Waals surface area contributed by atoms with Crippen LogP contribution in [0.4, 0.5) is 0 Å². The maximum absolute atomic E-state index is 12.7. The van der Waals surface area contributed by atoms with E-state index in [9.17, 15) is 4.79 Å². The van der Waals surface area contributed by atoms with Crippen LogP contribution >= 0.6 is 11.8 Å². The number of methoxy groups -OCH3 is 1. The SMILES string of the molecule is C/C=C/C(C1COC(C)(C)O1)C(Sc1ccc(OC)cc1)C(=O)OCC. The molecule has 1 saturated heterocycles. The normalized spacial score (nSPS) is 21.5. The molecule has 0 aliphatic carbocycles. The average Bonchev–Trinajstić information content (AvgIpc) is 2.98. The molecule has 0 saturated carbocycles. The first-order valence-corrected chi connectivity index (χ1v) is 9.70. The van der Waals surface area contributed by atoms with Crippen LogP contribution in [-0.4, -0.2) is 43.4 Å². The van der Waals surface area contributed by atoms with Crippen molar-refractivity contribution in [2.24, 2.45) is 5.92 Å². The van der Waals surface area contributed by atoms with Crippen LogP contribution in [-0.2, 0) is 19.0 Å². The van der Waals surface area contributed by atoms with E-state index in [1.807, 2.05) is 64.1 Å². The van der Waals surface area contributed by atoms with Crippen LogP contribution in [0.15, 0.2) is 41.3 Å². The van der Waals surface area contributed by atoms with Gasteiger partial charge in [-0.3, -0.25) is 4.79 Å². The van der Waals surface area contributed by atoms with Gasteiger partial charge in [0, 0.05) is 10.8 Å². The van der Waals surface area contributed by atoms with Crippen molar-refractivity contribution in [3.05, 3.63) is 36.4 Å². The zero-order valence-electron chi connectivity index (χ0n) is 16.1. The van der Waals surface area contributed by atoms with E-state index in [1.54, 1.807) is 7.11 Å². The molecule has 0 aromatic heterocycles. The Balaban J connectivity index is 2.26. The largest absolute Gasteiger partial charge is 0.497 e. The Kier molecular flexibility index (Phi) is 7.55. The first-order chi connectivity index (χ1) is 12.4. The Morgan fingerprint density at radius 3 is 2.58 bits per heavy atom. The highest BCUT2D eigenvalue weighted by molar-refractivity contribution is 8.00. The molecule has 144 valence electrons. The molecule has 1 fully saturated rings. The Labute approximate surface area is 160 Å². The van der Waals surface area contributed by atoms with E-state index in [0.29, 0.717) is 13.2 Å². The van der Waals surface area contributed by atoms with Crippen molar-refractivity contribution >= 4 is 17.7 Å². The van der Waals surface area contributed by atoms with Gasteiger partial charge in [-0.25, -0.2) is 0 Å². The molecule has 2 rings (SSSR count). The highest BCUT2D eigenvalue weighted by Crippen LogP contribution is 2.37. The standard InChI is InChI=1S/C20H28O5S/c1-6-8-16(17-13-24-20(3,4)25-17)18(19(21)23-7-2)26-15-11-9-14(22-5)10-12-15/h6,8-12,16-18H,7,13H2,1-5H3/b8-6+. The lowest BCUT2D eigenvalue weighted by atomic mass is 9.97. The number of carbonyl (C=O) groups excluding carboxylic acids is 1. The van der Waals surface area contributed by atoms with E-state index in [0.717, 1.165) is 10.6 Å². The Morgan fingerprint density at radius 2 is 2.08 bits per heavy atom. The van der Waals surface area contributed by atoms with E-state index in [4.69, 9.17) is 18.9 Å². The number of esters is 1. The summed E-state index contributed by atoms with van der Waals surface area (Å²) in [5.74, 6) is -0.270. The molecule has 0 amide bonds. The van der Waals surface area contributed by atoms with Crippen LogP contribution in [0.1, 0.15) is 27.7 Å². The molecule has 1 aliphatic heterocycles. The van der Waals surface area contributed by atoms with Crippen LogP contribution in [0, 0.1) is 5.92 Å². The zero-order chi connectivity index (χ0) is 19.2. The van der Waals surface area contributed by atoms with Gasteiger partial charge in [0.05, 0.1) is 26.4 Å². The number of rotatable bonds is 8. The predicted molar refractivity (Wildman–Crippen MR) is 102 cm³/mol. The first kappa shape index (κ1) is 20.8. The Morgan fingerprint density at radius 1 is 1.38 bits per heavy atom. The maximum Gasteiger partial charge on any atom is 0.320 e. The fraction of sp³-hybridized carbons (Fsp3) is 0.550. The topological polar surface area (TPSA) is 54.0 Å². The summed E-state index contributed by atoms with van der Waals surface area (Å²) in [6, 6.07) is 7.65. The fourth-order valence-electron chi connectivity index (χ4n) is 2.86. The van der Waals surface area contributed by atoms with Crippen molar-refractivity contribution < 1.29 is 23.7 Å². The molecule has 1 aromatic carbocycles. The number of allylic oxidation sites excluding steroid dienone is 1. The summed E-state index contributed by atoms with van der Waals surface area (Å²) < 4.78 is 22.3. The number of thioether (sulfide) groups is 1. The fourth-order valence-corrected chi connectivity index (χ4v) is 4.03. The molecule has 0 spiro atoms. The van der Waals surface area contributed by atoms with E-state index in [2.05, 4.69) is 0 Å². The Bertz CT molecular complexity index is 611. The number of hydrogen-bond acceptors (Lipinski definition) is 6. The van der Waals surface area contributed by atoms with Crippen molar-refractivity contribution in [2.45, 2.75) is 49.7 Å². The van der Waals surface area contributed by atoms with Gasteiger partial charge < -0.3 is 18.9 Å². The molecular weight excluding hydrogens is 352 g/mol. The minimum atomic E-state index is -0.644. The minimum Gasteiger partial charge on any atom is -0.497 e. The summed E-state index contributed by atoms with van der Waals surface area (Å²) in [5, 5.41) is -0.429. The second-order valence-electron chi connectivity index (χ2n) is 6.44. The van der Waals surface area contributed by atoms with Gasteiger partial charge in [0.2, 0.25) is 0 Å². The summed E-state index contributed by atoms with van der Waals surface area (Å²) in [5.41, 5.74) is 0. The second-order valence-corrected chi connectivity index (χ2v) is 7.65. The van der Waals surface area contributed by atoms with Crippen LogP contribution in [0.3, 0.4) is 0 Å². The van der Waals surface area contributed by atoms with Crippen molar-refractivity contribution in [3.63, 3.8) is 0 Å². The van der Waals surface area contributed by atoms with Gasteiger partial charge in [-0.15, -0.1) is 11.8 Å². The van der Waals surface area contributed by atoms with Gasteiger partial charge >= 0.3 is 5.97 Å². The summed E-state index contributed by atoms with van der Waals surface area (Å²) in [6.45, 7) is 8.31. The molecule has 1 aromatic rings. The van der Waals surface area contributed by atoms with Gasteiger partial charge in [0.15, 0.2) is 5.79 Å². The van der Waals surface area contributed by atoms with Gasteiger partial charge in [0.1, 0.15) is 11.0 Å². The van der Waals surface area contributed by atoms with Crippen molar-refractivity contribution in [1.29, 1.82) is 0 Å². The molecule has 26 heavy (non-hydrogen) atoms. The van der Waals surface area contributed by atoms with E-state index in [-0.39, 0.29) is 18.0 Å². The van der Waals surface area contributed by atoms with Crippen LogP contribution in [0.5, 0.6) is 5.75 Å². The average molecular weight is 381 g/mol. The lowest BCUT2D eigenvalue weighted by molar-refractivity contribution is -0.150. The molecule has 3 atom stereocenters. The highest BCUT2D eigenvalue weighted by Gasteiger charge is 2.42. The lowest BCUT2D eigenvalue weighted by Gasteiger charge is -2.27. The quantitative estimate of drug-likeness (QED) is 0.385. The van der Waals surface area contributed by atoms with Gasteiger partial charge in [-0.05, 0) is 52.0 Å². The van der Waals surface area contributed by atoms with Crippen molar-refractivity contribution in [3.8, 4) is 5.75 Å². The molecular formula is C20H28O5S. The number of ether oxygens (including phenoxy) is 4. The van der Waals surface area contributed by atoms with Crippen molar-refractivity contribution in [1.82, 2.24) is 0 Å². The molecule has 6 heteroatoms. The summed E-state index contributed by atoms with van der Waals surface area (Å²) >= 11 is 1.47. The summed E-state index contributed by atoms with van der Waals surface area (Å²) in [7, 11) is 1.63. The number of benzene rings is 1. The molecule has 3 unspecified atom stereocenters. The Hall–Kier alpha value is -1.50. The second kappa shape index (κ2) is 9.44. The molecule has 5 nitrogen and oxygen atoms in total. The minimum absolute atomic E-state index is 0.159. The number of hydrogen-bond donors (Lipinski definition) is 0. The predicted octanol–water partition coefficient (Wildman–Crippen LogP) is 4.06. The van der Waals surface area contributed by atoms with Crippen molar-refractivity contribution in [2.75, 3.05) is 20.3 Å². The lowest BCUT2D eigenvalue weighted by Crippen LogP contribution is -2.37. The van der Waals surface area contributed by atoms with E-state index in [1.165, 1.54) is 11.8 Å². The zero-order valence-corrected chi connectivity index (χ0v) is 16.9. The van der Waals surface area contributed by atoms with Crippen LogP contribution in [0.2, 0.25) is 0 Å². The maximum atomic E-state index is 12.7. The molecule has 0 N–H and O–H groups in total. The number of carbonyl (C=O) groups is 1. The summed E-state index contributed by atoms with van der Waals surface area (Å²) in [6.07, 6.45) is 3.74. The van der Waals surface area contributed by atoms with Gasteiger partial charge in [-0.2, -0.15) is 0 Å². The highest BCUT2D eigenvalue weighted by atomic mass is 32.2. The molecule has 0 radical (unpaired) electrons. The third-order valence-electron chi connectivity index (χ3n) is 4.07. The molecule has 0 bridgehead atoms. The molecule has 1 aliphatic rings. The first-order valence-electron chi connectivity index (χ1n) is 8.82. The van der Waals surface area contributed by atoms with E-state index >= 15 is 0 Å². The van der Waals surface area contributed by atoms with E-state index < -0.39 is 11.0 Å².